The van der Waals surface area contributed by atoms with E-state index in [1.54, 1.807) is 27.7 Å². The molecule has 0 aromatic carbocycles. The van der Waals surface area contributed by atoms with Crippen LogP contribution in [0, 0.1) is 0 Å². The average molecular weight is 321 g/mol. The summed E-state index contributed by atoms with van der Waals surface area (Å²) >= 11 is 0.422. The molecule has 3 heterocycles. The van der Waals surface area contributed by atoms with E-state index in [0.717, 1.165) is 0 Å². The molecule has 0 atom stereocenters. The zero-order valence-electron chi connectivity index (χ0n) is 25.2. The summed E-state index contributed by atoms with van der Waals surface area (Å²) in [5, 5.41) is -0.938. The standard InChI is InChI=1S/C15H25BN2O2S/c1-14(2)15(3,4)20-16(19-14)12-10-13(21-11-12)18-8-6-17(5)7-9-18/h10-11H,6-9H2,1-5H3/i5D3,6D2,7D2,8D2,9D2,10D,11D. The van der Waals surface area contributed by atoms with Crippen molar-refractivity contribution in [3.63, 3.8) is 0 Å². The Bertz CT molecular complexity index is 950. The number of piperazine rings is 1. The molecule has 2 aliphatic rings. The minimum atomic E-state index is -3.57. The highest BCUT2D eigenvalue weighted by molar-refractivity contribution is 7.15. The average Bonchev–Trinajstić information content (AvgIpc) is 2.95. The molecule has 3 rings (SSSR count). The molecule has 2 fully saturated rings. The summed E-state index contributed by atoms with van der Waals surface area (Å²) in [6.07, 6.45) is 0. The van der Waals surface area contributed by atoms with Gasteiger partial charge in [-0.15, -0.1) is 11.3 Å². The molecule has 0 unspecified atom stereocenters. The third-order valence-corrected chi connectivity index (χ3v) is 4.54. The molecule has 2 aliphatic heterocycles. The van der Waals surface area contributed by atoms with Gasteiger partial charge < -0.3 is 19.1 Å². The van der Waals surface area contributed by atoms with E-state index in [1.807, 2.05) is 0 Å². The molecule has 0 radical (unpaired) electrons. The van der Waals surface area contributed by atoms with Gasteiger partial charge >= 0.3 is 7.12 Å². The second kappa shape index (κ2) is 5.27. The van der Waals surface area contributed by atoms with Crippen LogP contribution in [-0.2, 0) is 9.31 Å². The molecular weight excluding hydrogens is 283 g/mol. The topological polar surface area (TPSA) is 24.9 Å². The molecule has 0 N–H and O–H groups in total. The van der Waals surface area contributed by atoms with Gasteiger partial charge in [0.2, 0.25) is 0 Å². The second-order valence-electron chi connectivity index (χ2n) is 5.75. The zero-order valence-corrected chi connectivity index (χ0v) is 13.0. The predicted molar refractivity (Wildman–Crippen MR) is 89.7 cm³/mol. The Hall–Kier alpha value is -0.555. The zero-order chi connectivity index (χ0) is 26.7. The van der Waals surface area contributed by atoms with Crippen LogP contribution in [0.15, 0.2) is 11.4 Å². The highest BCUT2D eigenvalue weighted by Gasteiger charge is 2.51. The quantitative estimate of drug-likeness (QED) is 0.776. The first-order valence-corrected chi connectivity index (χ1v) is 7.23. The van der Waals surface area contributed by atoms with Gasteiger partial charge in [0.15, 0.2) is 0 Å². The van der Waals surface area contributed by atoms with Gasteiger partial charge in [-0.25, -0.2) is 0 Å². The van der Waals surface area contributed by atoms with Crippen molar-refractivity contribution in [3.05, 3.63) is 11.4 Å². The molecule has 0 spiro atoms. The van der Waals surface area contributed by atoms with E-state index in [9.17, 15) is 0 Å². The Balaban J connectivity index is 2.22. The summed E-state index contributed by atoms with van der Waals surface area (Å²) in [6, 6.07) is -0.602. The molecule has 1 aromatic rings. The van der Waals surface area contributed by atoms with Crippen molar-refractivity contribution in [1.29, 1.82) is 0 Å². The Morgan fingerprint density at radius 2 is 1.86 bits per heavy atom. The number of thiophene rings is 1. The fraction of sp³-hybridized carbons (Fsp3) is 0.733. The van der Waals surface area contributed by atoms with Crippen molar-refractivity contribution >= 4 is 28.9 Å². The fourth-order valence-corrected chi connectivity index (χ4v) is 2.49. The smallest absolute Gasteiger partial charge is 0.399 e. The van der Waals surface area contributed by atoms with Crippen LogP contribution in [0.2, 0.25) is 0 Å². The first-order chi connectivity index (χ1) is 14.9. The van der Waals surface area contributed by atoms with Crippen molar-refractivity contribution in [1.82, 2.24) is 4.90 Å². The number of nitrogens with zero attached hydrogens (tertiary/aromatic N) is 2. The molecule has 116 valence electrons. The molecule has 6 heteroatoms. The summed E-state index contributed by atoms with van der Waals surface area (Å²) in [7, 11) is -1.23. The van der Waals surface area contributed by atoms with Gasteiger partial charge in [-0.05, 0) is 51.5 Å². The van der Waals surface area contributed by atoms with Crippen molar-refractivity contribution in [2.45, 2.75) is 38.9 Å². The second-order valence-corrected chi connectivity index (χ2v) is 6.55. The number of rotatable bonds is 2. The molecule has 2 saturated heterocycles. The summed E-state index contributed by atoms with van der Waals surface area (Å²) < 4.78 is 118. The van der Waals surface area contributed by atoms with Gasteiger partial charge in [0.05, 0.1) is 24.4 Å². The molecule has 21 heavy (non-hydrogen) atoms. The van der Waals surface area contributed by atoms with Crippen LogP contribution in [0.3, 0.4) is 0 Å². The first kappa shape index (κ1) is 6.15. The van der Waals surface area contributed by atoms with Crippen LogP contribution in [-0.4, -0.2) is 56.2 Å². The van der Waals surface area contributed by atoms with Gasteiger partial charge in [0.1, 0.15) is 0 Å². The van der Waals surface area contributed by atoms with Crippen molar-refractivity contribution in [2.75, 3.05) is 37.9 Å². The third kappa shape index (κ3) is 2.87. The summed E-state index contributed by atoms with van der Waals surface area (Å²) in [5.41, 5.74) is -1.84. The van der Waals surface area contributed by atoms with E-state index in [4.69, 9.17) is 27.1 Å². The van der Waals surface area contributed by atoms with Gasteiger partial charge in [-0.2, -0.15) is 0 Å². The van der Waals surface area contributed by atoms with Gasteiger partial charge in [-0.1, -0.05) is 0 Å². The van der Waals surface area contributed by atoms with Crippen LogP contribution in [0.1, 0.15) is 45.5 Å². The lowest BCUT2D eigenvalue weighted by Crippen LogP contribution is -2.44. The van der Waals surface area contributed by atoms with Crippen molar-refractivity contribution in [3.8, 4) is 0 Å². The van der Waals surface area contributed by atoms with Gasteiger partial charge in [-0.3, -0.25) is 0 Å². The van der Waals surface area contributed by atoms with Gasteiger partial charge in [0, 0.05) is 35.6 Å². The Kier molecular flexibility index (Phi) is 1.54. The Morgan fingerprint density at radius 1 is 1.24 bits per heavy atom. The first-order valence-electron chi connectivity index (χ1n) is 12.9. The van der Waals surface area contributed by atoms with E-state index in [2.05, 4.69) is 0 Å². The van der Waals surface area contributed by atoms with E-state index < -0.39 is 67.2 Å². The fourth-order valence-electron chi connectivity index (χ4n) is 1.80. The highest BCUT2D eigenvalue weighted by Crippen LogP contribution is 2.37. The van der Waals surface area contributed by atoms with Gasteiger partial charge in [0.25, 0.3) is 0 Å². The van der Waals surface area contributed by atoms with E-state index in [1.165, 1.54) is 0 Å². The minimum Gasteiger partial charge on any atom is -0.399 e. The van der Waals surface area contributed by atoms with Crippen molar-refractivity contribution in [2.24, 2.45) is 0 Å². The minimum absolute atomic E-state index is 0.0853. The van der Waals surface area contributed by atoms with E-state index in [-0.39, 0.29) is 15.7 Å². The molecule has 0 saturated carbocycles. The predicted octanol–water partition coefficient (Wildman–Crippen LogP) is 1.80. The summed E-state index contributed by atoms with van der Waals surface area (Å²) in [5.74, 6) is 0. The molecule has 0 amide bonds. The SMILES string of the molecule is [2H]c1sc(N2C([2H])([2H])C([2H])([2H])N(C([2H])([2H])[2H])C([2H])([2H])C2([2H])[2H])c([2H])c1B1OC(C)(C)C(C)(C)O1. The highest BCUT2D eigenvalue weighted by atomic mass is 32.1. The molecule has 4 nitrogen and oxygen atoms in total. The number of anilines is 1. The Morgan fingerprint density at radius 3 is 2.43 bits per heavy atom. The summed E-state index contributed by atoms with van der Waals surface area (Å²) in [4.78, 5) is -0.348. The van der Waals surface area contributed by atoms with Crippen LogP contribution in [0.5, 0.6) is 0 Å². The lowest BCUT2D eigenvalue weighted by Gasteiger charge is -2.32. The molecule has 0 aliphatic carbocycles. The Labute approximate surface area is 150 Å². The van der Waals surface area contributed by atoms with E-state index in [0.29, 0.717) is 11.3 Å². The molecular formula is C15H25BN2O2S. The largest absolute Gasteiger partial charge is 0.495 e. The third-order valence-electron chi connectivity index (χ3n) is 3.74. The number of hydrogen-bond donors (Lipinski definition) is 0. The maximum absolute atomic E-state index is 8.60. The van der Waals surface area contributed by atoms with Crippen LogP contribution >= 0.6 is 11.3 Å². The maximum Gasteiger partial charge on any atom is 0.495 e. The van der Waals surface area contributed by atoms with Crippen molar-refractivity contribution < 1.29 is 27.1 Å². The number of hydrogen-bond acceptors (Lipinski definition) is 5. The van der Waals surface area contributed by atoms with Crippen LogP contribution in [0.25, 0.3) is 0 Å². The lowest BCUT2D eigenvalue weighted by molar-refractivity contribution is 0.00578. The summed E-state index contributed by atoms with van der Waals surface area (Å²) in [6.45, 7) is -10.7. The van der Waals surface area contributed by atoms with E-state index >= 15 is 0 Å². The number of likely N-dealkylation sites (N-methyl/N-ethyl adjacent to an activating group) is 1. The van der Waals surface area contributed by atoms with Crippen LogP contribution < -0.4 is 10.4 Å². The maximum atomic E-state index is 8.60. The lowest BCUT2D eigenvalue weighted by atomic mass is 9.81. The van der Waals surface area contributed by atoms with Crippen LogP contribution in [0.4, 0.5) is 5.00 Å². The molecule has 1 aromatic heterocycles. The normalized spacial score (nSPS) is 44.9. The molecule has 0 bridgehead atoms. The monoisotopic (exact) mass is 321 g/mol.